The standard InChI is InChI=1S/C19H32N2O2/c1-6-9-20-12-14-10-18(22-4)17-13-21(8-3)15(7-2)11-16(17)19(14)23-5/h10,15,20H,6-9,11-13H2,1-5H3. The Morgan fingerprint density at radius 2 is 1.96 bits per heavy atom. The molecule has 1 heterocycles. The summed E-state index contributed by atoms with van der Waals surface area (Å²) in [5.74, 6) is 2.06. The molecule has 1 aromatic rings. The lowest BCUT2D eigenvalue weighted by atomic mass is 9.89. The van der Waals surface area contributed by atoms with Crippen molar-refractivity contribution in [2.75, 3.05) is 27.3 Å². The van der Waals surface area contributed by atoms with Crippen molar-refractivity contribution in [2.45, 2.75) is 59.2 Å². The molecule has 1 unspecified atom stereocenters. The number of rotatable bonds is 8. The van der Waals surface area contributed by atoms with Crippen LogP contribution in [0.5, 0.6) is 11.5 Å². The highest BCUT2D eigenvalue weighted by molar-refractivity contribution is 5.55. The van der Waals surface area contributed by atoms with E-state index in [2.05, 4.69) is 37.1 Å². The van der Waals surface area contributed by atoms with Crippen molar-refractivity contribution >= 4 is 0 Å². The summed E-state index contributed by atoms with van der Waals surface area (Å²) in [7, 11) is 3.56. The van der Waals surface area contributed by atoms with Crippen LogP contribution in [0.2, 0.25) is 0 Å². The van der Waals surface area contributed by atoms with Crippen molar-refractivity contribution < 1.29 is 9.47 Å². The van der Waals surface area contributed by atoms with Gasteiger partial charge in [0.25, 0.3) is 0 Å². The summed E-state index contributed by atoms with van der Waals surface area (Å²) in [5.41, 5.74) is 3.85. The van der Waals surface area contributed by atoms with E-state index in [0.717, 1.165) is 56.9 Å². The molecule has 130 valence electrons. The third kappa shape index (κ3) is 3.81. The van der Waals surface area contributed by atoms with Crippen molar-refractivity contribution in [3.63, 3.8) is 0 Å². The second-order valence-corrected chi connectivity index (χ2v) is 6.23. The lowest BCUT2D eigenvalue weighted by molar-refractivity contribution is 0.171. The minimum atomic E-state index is 0.588. The second kappa shape index (κ2) is 8.55. The zero-order valence-electron chi connectivity index (χ0n) is 15.4. The molecule has 0 saturated carbocycles. The molecule has 1 aromatic carbocycles. The van der Waals surface area contributed by atoms with Gasteiger partial charge in [-0.2, -0.15) is 0 Å². The molecule has 0 amide bonds. The Bertz CT molecular complexity index is 517. The van der Waals surface area contributed by atoms with Gasteiger partial charge < -0.3 is 14.8 Å². The van der Waals surface area contributed by atoms with Gasteiger partial charge in [0.2, 0.25) is 0 Å². The number of nitrogens with zero attached hydrogens (tertiary/aromatic N) is 1. The normalized spacial score (nSPS) is 17.9. The second-order valence-electron chi connectivity index (χ2n) is 6.23. The summed E-state index contributed by atoms with van der Waals surface area (Å²) in [6, 6.07) is 2.74. The largest absolute Gasteiger partial charge is 0.496 e. The summed E-state index contributed by atoms with van der Waals surface area (Å²) in [6.07, 6.45) is 3.34. The highest BCUT2D eigenvalue weighted by Gasteiger charge is 2.30. The molecule has 1 atom stereocenters. The Labute approximate surface area is 141 Å². The molecule has 0 aliphatic carbocycles. The maximum Gasteiger partial charge on any atom is 0.127 e. The van der Waals surface area contributed by atoms with E-state index < -0.39 is 0 Å². The van der Waals surface area contributed by atoms with Gasteiger partial charge in [-0.15, -0.1) is 0 Å². The molecule has 1 aliphatic rings. The summed E-state index contributed by atoms with van der Waals surface area (Å²) in [4.78, 5) is 2.54. The van der Waals surface area contributed by atoms with E-state index in [1.165, 1.54) is 16.7 Å². The number of hydrogen-bond donors (Lipinski definition) is 1. The summed E-state index contributed by atoms with van der Waals surface area (Å²) >= 11 is 0. The van der Waals surface area contributed by atoms with Gasteiger partial charge in [-0.25, -0.2) is 0 Å². The molecule has 23 heavy (non-hydrogen) atoms. The number of hydrogen-bond acceptors (Lipinski definition) is 4. The first-order valence-corrected chi connectivity index (χ1v) is 8.90. The Balaban J connectivity index is 2.43. The monoisotopic (exact) mass is 320 g/mol. The zero-order valence-corrected chi connectivity index (χ0v) is 15.4. The maximum atomic E-state index is 5.82. The van der Waals surface area contributed by atoms with Crippen molar-refractivity contribution in [3.05, 3.63) is 22.8 Å². The average Bonchev–Trinajstić information content (AvgIpc) is 2.59. The summed E-state index contributed by atoms with van der Waals surface area (Å²) in [6.45, 7) is 10.6. The number of fused-ring (bicyclic) bond motifs is 1. The van der Waals surface area contributed by atoms with Gasteiger partial charge in [0.05, 0.1) is 14.2 Å². The van der Waals surface area contributed by atoms with E-state index in [0.29, 0.717) is 6.04 Å². The third-order valence-corrected chi connectivity index (χ3v) is 4.89. The van der Waals surface area contributed by atoms with E-state index in [4.69, 9.17) is 9.47 Å². The van der Waals surface area contributed by atoms with E-state index in [1.54, 1.807) is 14.2 Å². The van der Waals surface area contributed by atoms with Gasteiger partial charge in [-0.05, 0) is 38.4 Å². The lowest BCUT2D eigenvalue weighted by Crippen LogP contribution is -2.40. The van der Waals surface area contributed by atoms with Crippen molar-refractivity contribution in [2.24, 2.45) is 0 Å². The van der Waals surface area contributed by atoms with Crippen LogP contribution in [0.1, 0.15) is 50.3 Å². The predicted molar refractivity (Wildman–Crippen MR) is 95.4 cm³/mol. The molecule has 0 aromatic heterocycles. The molecular weight excluding hydrogens is 288 g/mol. The Hall–Kier alpha value is -1.26. The first-order valence-electron chi connectivity index (χ1n) is 8.90. The first kappa shape index (κ1) is 18.1. The van der Waals surface area contributed by atoms with Crippen LogP contribution in [0.15, 0.2) is 6.07 Å². The smallest absolute Gasteiger partial charge is 0.127 e. The van der Waals surface area contributed by atoms with Crippen LogP contribution in [0, 0.1) is 0 Å². The van der Waals surface area contributed by atoms with Gasteiger partial charge in [-0.3, -0.25) is 4.90 Å². The molecule has 0 bridgehead atoms. The van der Waals surface area contributed by atoms with Gasteiger partial charge in [0, 0.05) is 35.8 Å². The number of likely N-dealkylation sites (N-methyl/N-ethyl adjacent to an activating group) is 1. The Kier molecular flexibility index (Phi) is 6.72. The fraction of sp³-hybridized carbons (Fsp3) is 0.684. The number of ether oxygens (including phenoxy) is 2. The molecule has 4 heteroatoms. The topological polar surface area (TPSA) is 33.7 Å². The van der Waals surface area contributed by atoms with E-state index >= 15 is 0 Å². The number of benzene rings is 1. The van der Waals surface area contributed by atoms with Crippen LogP contribution in [-0.4, -0.2) is 38.3 Å². The first-order chi connectivity index (χ1) is 11.2. The Morgan fingerprint density at radius 3 is 2.52 bits per heavy atom. The van der Waals surface area contributed by atoms with Gasteiger partial charge in [0.15, 0.2) is 0 Å². The number of nitrogens with one attached hydrogen (secondary N) is 1. The quantitative estimate of drug-likeness (QED) is 0.745. The van der Waals surface area contributed by atoms with Crippen molar-refractivity contribution in [1.82, 2.24) is 10.2 Å². The third-order valence-electron chi connectivity index (χ3n) is 4.89. The van der Waals surface area contributed by atoms with Crippen LogP contribution < -0.4 is 14.8 Å². The van der Waals surface area contributed by atoms with E-state index in [9.17, 15) is 0 Å². The highest BCUT2D eigenvalue weighted by atomic mass is 16.5. The van der Waals surface area contributed by atoms with Crippen LogP contribution in [0.25, 0.3) is 0 Å². The fourth-order valence-corrected chi connectivity index (χ4v) is 3.62. The van der Waals surface area contributed by atoms with Crippen LogP contribution in [-0.2, 0) is 19.5 Å². The lowest BCUT2D eigenvalue weighted by Gasteiger charge is -2.37. The fourth-order valence-electron chi connectivity index (χ4n) is 3.62. The minimum Gasteiger partial charge on any atom is -0.496 e. The molecule has 0 spiro atoms. The van der Waals surface area contributed by atoms with E-state index in [-0.39, 0.29) is 0 Å². The van der Waals surface area contributed by atoms with Gasteiger partial charge in [0.1, 0.15) is 11.5 Å². The zero-order chi connectivity index (χ0) is 16.8. The molecule has 0 saturated heterocycles. The SMILES string of the molecule is CCCNCc1cc(OC)c2c(c1OC)CC(CC)N(CC)C2. The minimum absolute atomic E-state index is 0.588. The van der Waals surface area contributed by atoms with Crippen LogP contribution in [0.4, 0.5) is 0 Å². The Morgan fingerprint density at radius 1 is 1.17 bits per heavy atom. The molecule has 1 aliphatic heterocycles. The molecule has 1 N–H and O–H groups in total. The van der Waals surface area contributed by atoms with Crippen molar-refractivity contribution in [3.8, 4) is 11.5 Å². The van der Waals surface area contributed by atoms with Gasteiger partial charge >= 0.3 is 0 Å². The van der Waals surface area contributed by atoms with Crippen LogP contribution >= 0.6 is 0 Å². The maximum absolute atomic E-state index is 5.82. The van der Waals surface area contributed by atoms with Gasteiger partial charge in [-0.1, -0.05) is 20.8 Å². The highest BCUT2D eigenvalue weighted by Crippen LogP contribution is 2.40. The summed E-state index contributed by atoms with van der Waals surface area (Å²) < 4.78 is 11.5. The molecular formula is C19H32N2O2. The number of methoxy groups -OCH3 is 2. The molecule has 0 fully saturated rings. The summed E-state index contributed by atoms with van der Waals surface area (Å²) in [5, 5.41) is 3.48. The van der Waals surface area contributed by atoms with Crippen molar-refractivity contribution in [1.29, 1.82) is 0 Å². The van der Waals surface area contributed by atoms with E-state index in [1.807, 2.05) is 0 Å². The molecule has 4 nitrogen and oxygen atoms in total. The average molecular weight is 320 g/mol. The molecule has 0 radical (unpaired) electrons. The van der Waals surface area contributed by atoms with Crippen LogP contribution in [0.3, 0.4) is 0 Å². The predicted octanol–water partition coefficient (Wildman–Crippen LogP) is 3.36. The molecule has 2 rings (SSSR count).